The molecule has 10 heteroatoms. The zero-order valence-electron chi connectivity index (χ0n) is 10.2. The van der Waals surface area contributed by atoms with Crippen molar-refractivity contribution in [3.8, 4) is 5.88 Å². The number of hydrogen-bond donors (Lipinski definition) is 2. The van der Waals surface area contributed by atoms with Crippen molar-refractivity contribution in [1.29, 1.82) is 0 Å². The monoisotopic (exact) mass is 290 g/mol. The minimum absolute atomic E-state index is 0.0955. The molecule has 0 aromatic carbocycles. The number of amides is 1. The van der Waals surface area contributed by atoms with E-state index >= 15 is 0 Å². The van der Waals surface area contributed by atoms with Gasteiger partial charge in [-0.15, -0.1) is 0 Å². The largest absolute Gasteiger partial charge is 0.476 e. The van der Waals surface area contributed by atoms with Crippen molar-refractivity contribution in [3.05, 3.63) is 6.20 Å². The molecule has 0 saturated heterocycles. The summed E-state index contributed by atoms with van der Waals surface area (Å²) in [5, 5.41) is 17.7. The van der Waals surface area contributed by atoms with Crippen molar-refractivity contribution in [2.45, 2.75) is 11.4 Å². The van der Waals surface area contributed by atoms with Crippen molar-refractivity contribution in [2.75, 3.05) is 20.2 Å². The molecule has 1 aromatic rings. The van der Waals surface area contributed by atoms with Crippen LogP contribution in [-0.2, 0) is 16.6 Å². The molecule has 1 atom stereocenters. The standard InChI is InChI=1S/C9H14N4O5S/c1-12(9(14)15)3-6-4-13-8(18-5-6)7(2-11-13)19(10,16)17/h2,6H,3-5H2,1H3,(H,14,15)(H2,10,16,17). The Hall–Kier alpha value is -1.81. The number of sulfonamides is 1. The van der Waals surface area contributed by atoms with Gasteiger partial charge in [0.1, 0.15) is 0 Å². The Morgan fingerprint density at radius 2 is 2.42 bits per heavy atom. The van der Waals surface area contributed by atoms with Crippen LogP contribution in [-0.4, -0.2) is 54.5 Å². The number of nitrogens with two attached hydrogens (primary N) is 1. The third-order valence-electron chi connectivity index (χ3n) is 2.81. The van der Waals surface area contributed by atoms with Gasteiger partial charge in [-0.2, -0.15) is 5.10 Å². The summed E-state index contributed by atoms with van der Waals surface area (Å²) >= 11 is 0. The highest BCUT2D eigenvalue weighted by molar-refractivity contribution is 7.89. The van der Waals surface area contributed by atoms with E-state index in [9.17, 15) is 13.2 Å². The summed E-state index contributed by atoms with van der Waals surface area (Å²) in [6, 6.07) is 0. The van der Waals surface area contributed by atoms with Gasteiger partial charge in [0, 0.05) is 19.5 Å². The summed E-state index contributed by atoms with van der Waals surface area (Å²) in [5.41, 5.74) is 0. The number of primary sulfonamides is 1. The SMILES string of the molecule is CN(CC1COc2c(S(N)(=O)=O)cnn2C1)C(=O)O. The number of aromatic nitrogens is 2. The van der Waals surface area contributed by atoms with Gasteiger partial charge in [-0.25, -0.2) is 23.0 Å². The minimum atomic E-state index is -3.87. The zero-order valence-corrected chi connectivity index (χ0v) is 11.0. The Bertz CT molecular complexity index is 596. The van der Waals surface area contributed by atoms with Crippen LogP contribution in [0.4, 0.5) is 4.79 Å². The number of carbonyl (C=O) groups is 1. The van der Waals surface area contributed by atoms with Gasteiger partial charge in [0.05, 0.1) is 19.3 Å². The third-order valence-corrected chi connectivity index (χ3v) is 3.70. The van der Waals surface area contributed by atoms with Crippen LogP contribution in [0.5, 0.6) is 5.88 Å². The number of carboxylic acid groups (broad SMARTS) is 1. The first-order chi connectivity index (χ1) is 8.79. The van der Waals surface area contributed by atoms with Crippen LogP contribution in [0.25, 0.3) is 0 Å². The summed E-state index contributed by atoms with van der Waals surface area (Å²) in [7, 11) is -2.41. The molecule has 9 nitrogen and oxygen atoms in total. The molecule has 106 valence electrons. The highest BCUT2D eigenvalue weighted by Gasteiger charge is 2.28. The van der Waals surface area contributed by atoms with Gasteiger partial charge in [0.15, 0.2) is 4.90 Å². The smallest absolute Gasteiger partial charge is 0.407 e. The lowest BCUT2D eigenvalue weighted by Crippen LogP contribution is -2.37. The molecule has 0 aliphatic carbocycles. The average molecular weight is 290 g/mol. The molecule has 1 aliphatic heterocycles. The van der Waals surface area contributed by atoms with Gasteiger partial charge in [0.25, 0.3) is 0 Å². The molecule has 1 aliphatic rings. The maximum Gasteiger partial charge on any atom is 0.407 e. The summed E-state index contributed by atoms with van der Waals surface area (Å²) < 4.78 is 29.3. The van der Waals surface area contributed by atoms with E-state index in [1.807, 2.05) is 0 Å². The van der Waals surface area contributed by atoms with Gasteiger partial charge in [-0.1, -0.05) is 0 Å². The second kappa shape index (κ2) is 4.70. The predicted octanol–water partition coefficient (Wildman–Crippen LogP) is -0.851. The summed E-state index contributed by atoms with van der Waals surface area (Å²) in [4.78, 5) is 11.7. The Balaban J connectivity index is 2.14. The first-order valence-electron chi connectivity index (χ1n) is 5.44. The first kappa shape index (κ1) is 13.6. The fourth-order valence-corrected chi connectivity index (χ4v) is 2.50. The van der Waals surface area contributed by atoms with E-state index in [1.165, 1.54) is 11.7 Å². The number of fused-ring (bicyclic) bond motifs is 1. The Morgan fingerprint density at radius 1 is 1.74 bits per heavy atom. The topological polar surface area (TPSA) is 128 Å². The van der Waals surface area contributed by atoms with Crippen molar-refractivity contribution in [2.24, 2.45) is 11.1 Å². The average Bonchev–Trinajstić information content (AvgIpc) is 2.71. The van der Waals surface area contributed by atoms with Crippen LogP contribution in [0.2, 0.25) is 0 Å². The number of rotatable bonds is 3. The molecular formula is C9H14N4O5S. The molecule has 0 saturated carbocycles. The molecule has 0 bridgehead atoms. The van der Waals surface area contributed by atoms with Gasteiger partial charge in [-0.3, -0.25) is 0 Å². The number of hydrogen-bond acceptors (Lipinski definition) is 5. The third kappa shape index (κ3) is 2.79. The maximum absolute atomic E-state index is 11.3. The van der Waals surface area contributed by atoms with Gasteiger partial charge in [-0.05, 0) is 0 Å². The molecule has 3 N–H and O–H groups in total. The van der Waals surface area contributed by atoms with Crippen molar-refractivity contribution >= 4 is 16.1 Å². The fraction of sp³-hybridized carbons (Fsp3) is 0.556. The van der Waals surface area contributed by atoms with Crippen molar-refractivity contribution in [3.63, 3.8) is 0 Å². The molecule has 2 heterocycles. The summed E-state index contributed by atoms with van der Waals surface area (Å²) in [6.45, 7) is 0.869. The zero-order chi connectivity index (χ0) is 14.2. The molecule has 1 amide bonds. The maximum atomic E-state index is 11.3. The molecule has 0 radical (unpaired) electrons. The van der Waals surface area contributed by atoms with Gasteiger partial charge in [0.2, 0.25) is 15.9 Å². The van der Waals surface area contributed by atoms with Crippen LogP contribution in [0.1, 0.15) is 0 Å². The van der Waals surface area contributed by atoms with Crippen LogP contribution in [0.15, 0.2) is 11.1 Å². The summed E-state index contributed by atoms with van der Waals surface area (Å²) in [5.74, 6) is 0.0126. The molecule has 19 heavy (non-hydrogen) atoms. The van der Waals surface area contributed by atoms with Crippen LogP contribution in [0.3, 0.4) is 0 Å². The van der Waals surface area contributed by atoms with E-state index in [0.29, 0.717) is 6.54 Å². The molecule has 0 spiro atoms. The van der Waals surface area contributed by atoms with Gasteiger partial charge < -0.3 is 14.7 Å². The molecular weight excluding hydrogens is 276 g/mol. The lowest BCUT2D eigenvalue weighted by molar-refractivity contribution is 0.113. The van der Waals surface area contributed by atoms with E-state index in [1.54, 1.807) is 0 Å². The molecule has 1 unspecified atom stereocenters. The fourth-order valence-electron chi connectivity index (χ4n) is 1.90. The van der Waals surface area contributed by atoms with Crippen LogP contribution in [0, 0.1) is 5.92 Å². The lowest BCUT2D eigenvalue weighted by Gasteiger charge is -2.27. The lowest BCUT2D eigenvalue weighted by atomic mass is 10.1. The number of nitrogens with zero attached hydrogens (tertiary/aromatic N) is 3. The normalized spacial score (nSPS) is 18.5. The Labute approximate surface area is 109 Å². The number of ether oxygens (including phenoxy) is 1. The second-order valence-electron chi connectivity index (χ2n) is 4.38. The van der Waals surface area contributed by atoms with Crippen molar-refractivity contribution in [1.82, 2.24) is 14.7 Å². The van der Waals surface area contributed by atoms with Crippen molar-refractivity contribution < 1.29 is 23.1 Å². The Morgan fingerprint density at radius 3 is 3.00 bits per heavy atom. The van der Waals surface area contributed by atoms with Crippen LogP contribution >= 0.6 is 0 Å². The van der Waals surface area contributed by atoms with E-state index in [0.717, 1.165) is 11.1 Å². The van der Waals surface area contributed by atoms with E-state index in [2.05, 4.69) is 5.10 Å². The predicted molar refractivity (Wildman–Crippen MR) is 63.2 cm³/mol. The minimum Gasteiger partial charge on any atom is -0.476 e. The van der Waals surface area contributed by atoms with E-state index < -0.39 is 16.1 Å². The first-order valence-corrected chi connectivity index (χ1v) is 6.99. The summed E-state index contributed by atoms with van der Waals surface area (Å²) in [6.07, 6.45) is 0.102. The second-order valence-corrected chi connectivity index (χ2v) is 5.91. The van der Waals surface area contributed by atoms with Gasteiger partial charge >= 0.3 is 6.09 Å². The molecule has 2 rings (SSSR count). The van der Waals surface area contributed by atoms with Crippen LogP contribution < -0.4 is 9.88 Å². The highest BCUT2D eigenvalue weighted by Crippen LogP contribution is 2.27. The molecule has 1 aromatic heterocycles. The van der Waals surface area contributed by atoms with E-state index in [-0.39, 0.29) is 29.8 Å². The quantitative estimate of drug-likeness (QED) is 0.746. The van der Waals surface area contributed by atoms with E-state index in [4.69, 9.17) is 15.0 Å². The molecule has 0 fully saturated rings. The Kier molecular flexibility index (Phi) is 3.37. The highest BCUT2D eigenvalue weighted by atomic mass is 32.2.